The van der Waals surface area contributed by atoms with E-state index in [-0.39, 0.29) is 16.7 Å². The summed E-state index contributed by atoms with van der Waals surface area (Å²) < 4.78 is 0. The maximum atomic E-state index is 13.0. The second-order valence-corrected chi connectivity index (χ2v) is 8.42. The number of thioether (sulfide) groups is 1. The number of nitrogens with zero attached hydrogens (tertiary/aromatic N) is 2. The number of aromatic amines is 1. The van der Waals surface area contributed by atoms with Crippen LogP contribution in [0, 0.1) is 13.8 Å². The number of aromatic nitrogens is 2. The molecule has 0 radical (unpaired) electrons. The highest BCUT2D eigenvalue weighted by Crippen LogP contribution is 2.23. The molecule has 2 rings (SSSR count). The van der Waals surface area contributed by atoms with Gasteiger partial charge in [-0.1, -0.05) is 25.1 Å². The number of hydrogen-bond donors (Lipinski definition) is 1. The smallest absolute Gasteiger partial charge is 0.251 e. The fraction of sp³-hybridized carbons (Fsp3) is 0.500. The summed E-state index contributed by atoms with van der Waals surface area (Å²) in [5, 5.41) is 2.25. The highest BCUT2D eigenvalue weighted by Gasteiger charge is 2.23. The average Bonchev–Trinajstić information content (AvgIpc) is 2.94. The summed E-state index contributed by atoms with van der Waals surface area (Å²) in [6, 6.07) is 3.53. The Labute approximate surface area is 156 Å². The Hall–Kier alpha value is -1.60. The van der Waals surface area contributed by atoms with Crippen molar-refractivity contribution in [3.05, 3.63) is 44.0 Å². The van der Waals surface area contributed by atoms with E-state index in [0.29, 0.717) is 17.4 Å². The van der Waals surface area contributed by atoms with E-state index in [1.165, 1.54) is 28.3 Å². The van der Waals surface area contributed by atoms with Crippen LogP contribution in [0.4, 0.5) is 0 Å². The van der Waals surface area contributed by atoms with Gasteiger partial charge in [0.25, 0.3) is 5.56 Å². The average molecular weight is 380 g/mol. The number of aryl methyl sites for hydroxylation is 2. The zero-order valence-electron chi connectivity index (χ0n) is 15.2. The van der Waals surface area contributed by atoms with Gasteiger partial charge in [-0.05, 0) is 44.2 Å². The zero-order valence-corrected chi connectivity index (χ0v) is 16.8. The van der Waals surface area contributed by atoms with Crippen LogP contribution in [-0.2, 0) is 11.3 Å². The molecule has 0 spiro atoms. The molecule has 0 saturated carbocycles. The molecule has 2 aromatic rings. The van der Waals surface area contributed by atoms with Gasteiger partial charge in [0.15, 0.2) is 5.16 Å². The minimum Gasteiger partial charge on any atom is -0.337 e. The Bertz CT molecular complexity index is 770. The van der Waals surface area contributed by atoms with Gasteiger partial charge >= 0.3 is 0 Å². The SMILES string of the molecule is CCCCN(Cc1sccc1C)C(=O)C(C)Sc1nc(C)cc(=O)[nH]1. The molecular weight excluding hydrogens is 354 g/mol. The molecule has 7 heteroatoms. The molecule has 0 bridgehead atoms. The molecule has 0 aromatic carbocycles. The van der Waals surface area contributed by atoms with Crippen molar-refractivity contribution in [2.24, 2.45) is 0 Å². The Balaban J connectivity index is 2.10. The normalized spacial score (nSPS) is 12.2. The van der Waals surface area contributed by atoms with Crippen molar-refractivity contribution in [1.29, 1.82) is 0 Å². The fourth-order valence-corrected chi connectivity index (χ4v) is 4.30. The molecular formula is C18H25N3O2S2. The van der Waals surface area contributed by atoms with Crippen molar-refractivity contribution in [1.82, 2.24) is 14.9 Å². The quantitative estimate of drug-likeness (QED) is 0.560. The molecule has 25 heavy (non-hydrogen) atoms. The molecule has 136 valence electrons. The summed E-state index contributed by atoms with van der Waals surface area (Å²) in [6.45, 7) is 9.24. The fourth-order valence-electron chi connectivity index (χ4n) is 2.44. The van der Waals surface area contributed by atoms with Crippen molar-refractivity contribution in [2.75, 3.05) is 6.54 Å². The van der Waals surface area contributed by atoms with E-state index in [9.17, 15) is 9.59 Å². The number of thiophene rings is 1. The van der Waals surface area contributed by atoms with Gasteiger partial charge in [0.1, 0.15) is 0 Å². The number of carbonyl (C=O) groups excluding carboxylic acids is 1. The maximum Gasteiger partial charge on any atom is 0.251 e. The van der Waals surface area contributed by atoms with Crippen molar-refractivity contribution < 1.29 is 4.79 Å². The number of unbranched alkanes of at least 4 members (excludes halogenated alkanes) is 1. The molecule has 2 aromatic heterocycles. The van der Waals surface area contributed by atoms with Crippen LogP contribution >= 0.6 is 23.1 Å². The summed E-state index contributed by atoms with van der Waals surface area (Å²) in [7, 11) is 0. The second kappa shape index (κ2) is 9.20. The predicted molar refractivity (Wildman–Crippen MR) is 104 cm³/mol. The summed E-state index contributed by atoms with van der Waals surface area (Å²) in [4.78, 5) is 34.7. The van der Waals surface area contributed by atoms with E-state index in [2.05, 4.69) is 35.3 Å². The van der Waals surface area contributed by atoms with Crippen LogP contribution in [0.1, 0.15) is 42.8 Å². The number of rotatable bonds is 8. The van der Waals surface area contributed by atoms with Gasteiger partial charge in [-0.15, -0.1) is 11.3 Å². The lowest BCUT2D eigenvalue weighted by Crippen LogP contribution is -2.37. The van der Waals surface area contributed by atoms with Gasteiger partial charge in [-0.3, -0.25) is 9.59 Å². The summed E-state index contributed by atoms with van der Waals surface area (Å²) >= 11 is 2.99. The van der Waals surface area contributed by atoms with Crippen LogP contribution in [0.15, 0.2) is 27.5 Å². The molecule has 1 amide bonds. The monoisotopic (exact) mass is 379 g/mol. The van der Waals surface area contributed by atoms with Crippen LogP contribution in [-0.4, -0.2) is 32.6 Å². The Morgan fingerprint density at radius 2 is 2.20 bits per heavy atom. The van der Waals surface area contributed by atoms with Crippen molar-refractivity contribution in [2.45, 2.75) is 57.5 Å². The lowest BCUT2D eigenvalue weighted by molar-refractivity contribution is -0.131. The van der Waals surface area contributed by atoms with Gasteiger partial charge in [-0.25, -0.2) is 4.98 Å². The first-order chi connectivity index (χ1) is 11.9. The van der Waals surface area contributed by atoms with Gasteiger partial charge in [0, 0.05) is 23.2 Å². The van der Waals surface area contributed by atoms with Crippen molar-refractivity contribution in [3.8, 4) is 0 Å². The first kappa shape index (κ1) is 19.7. The van der Waals surface area contributed by atoms with E-state index >= 15 is 0 Å². The standard InChI is InChI=1S/C18H25N3O2S2/c1-5-6-8-21(11-15-12(2)7-9-24-15)17(23)14(4)25-18-19-13(3)10-16(22)20-18/h7,9-10,14H,5-6,8,11H2,1-4H3,(H,19,20,22). The number of nitrogens with one attached hydrogen (secondary N) is 1. The van der Waals surface area contributed by atoms with Gasteiger partial charge in [-0.2, -0.15) is 0 Å². The van der Waals surface area contributed by atoms with Crippen LogP contribution in [0.3, 0.4) is 0 Å². The molecule has 2 heterocycles. The Kier molecular flexibility index (Phi) is 7.25. The minimum atomic E-state index is -0.304. The largest absolute Gasteiger partial charge is 0.337 e. The van der Waals surface area contributed by atoms with E-state index in [0.717, 1.165) is 19.4 Å². The highest BCUT2D eigenvalue weighted by molar-refractivity contribution is 8.00. The summed E-state index contributed by atoms with van der Waals surface area (Å²) in [5.41, 5.74) is 1.69. The van der Waals surface area contributed by atoms with Crippen molar-refractivity contribution in [3.63, 3.8) is 0 Å². The summed E-state index contributed by atoms with van der Waals surface area (Å²) in [6.07, 6.45) is 2.02. The lowest BCUT2D eigenvalue weighted by Gasteiger charge is -2.25. The van der Waals surface area contributed by atoms with Gasteiger partial charge < -0.3 is 9.88 Å². The second-order valence-electron chi connectivity index (χ2n) is 6.09. The first-order valence-electron chi connectivity index (χ1n) is 8.47. The molecule has 0 aliphatic rings. The summed E-state index contributed by atoms with van der Waals surface area (Å²) in [5.74, 6) is 0.0791. The highest BCUT2D eigenvalue weighted by atomic mass is 32.2. The molecule has 1 atom stereocenters. The molecule has 5 nitrogen and oxygen atoms in total. The molecule has 1 N–H and O–H groups in total. The molecule has 0 saturated heterocycles. The maximum absolute atomic E-state index is 13.0. The lowest BCUT2D eigenvalue weighted by atomic mass is 10.2. The van der Waals surface area contributed by atoms with E-state index in [1.54, 1.807) is 18.3 Å². The van der Waals surface area contributed by atoms with Crippen LogP contribution < -0.4 is 5.56 Å². The Morgan fingerprint density at radius 1 is 1.44 bits per heavy atom. The molecule has 0 aliphatic carbocycles. The van der Waals surface area contributed by atoms with E-state index in [4.69, 9.17) is 0 Å². The van der Waals surface area contributed by atoms with E-state index < -0.39 is 0 Å². The molecule has 0 aliphatic heterocycles. The number of amides is 1. The topological polar surface area (TPSA) is 66.1 Å². The number of H-pyrrole nitrogens is 1. The van der Waals surface area contributed by atoms with Crippen LogP contribution in [0.2, 0.25) is 0 Å². The zero-order chi connectivity index (χ0) is 18.4. The third-order valence-corrected chi connectivity index (χ3v) is 5.86. The van der Waals surface area contributed by atoms with E-state index in [1.807, 2.05) is 11.8 Å². The predicted octanol–water partition coefficient (Wildman–Crippen LogP) is 3.76. The number of carbonyl (C=O) groups is 1. The third-order valence-electron chi connectivity index (χ3n) is 3.88. The van der Waals surface area contributed by atoms with Gasteiger partial charge in [0.2, 0.25) is 5.91 Å². The Morgan fingerprint density at radius 3 is 2.80 bits per heavy atom. The van der Waals surface area contributed by atoms with Gasteiger partial charge in [0.05, 0.1) is 11.8 Å². The first-order valence-corrected chi connectivity index (χ1v) is 10.2. The minimum absolute atomic E-state index is 0.0791. The number of hydrogen-bond acceptors (Lipinski definition) is 5. The van der Waals surface area contributed by atoms with Crippen molar-refractivity contribution >= 4 is 29.0 Å². The van der Waals surface area contributed by atoms with Crippen LogP contribution in [0.25, 0.3) is 0 Å². The molecule has 0 fully saturated rings. The third kappa shape index (κ3) is 5.71. The van der Waals surface area contributed by atoms with Crippen LogP contribution in [0.5, 0.6) is 0 Å². The molecule has 1 unspecified atom stereocenters.